The van der Waals surface area contributed by atoms with Gasteiger partial charge < -0.3 is 4.90 Å². The standard InChI is InChI=1S/C20H26N4O2/c1-4-24-18(12-17(22-24)14(2)3)20(26)23-11-7-8-15(13-23)19(25)16-9-5-6-10-21-16/h5-6,9-10,12,14-15H,4,7-8,11,13H2,1-3H3/t15-/m1/s1. The van der Waals surface area contributed by atoms with Crippen molar-refractivity contribution in [3.63, 3.8) is 0 Å². The molecule has 0 bridgehead atoms. The summed E-state index contributed by atoms with van der Waals surface area (Å²) in [6.07, 6.45) is 3.25. The maximum absolute atomic E-state index is 13.1. The van der Waals surface area contributed by atoms with Crippen molar-refractivity contribution in [2.24, 2.45) is 5.92 Å². The zero-order valence-corrected chi connectivity index (χ0v) is 15.7. The number of hydrogen-bond acceptors (Lipinski definition) is 4. The molecule has 0 aliphatic carbocycles. The molecule has 138 valence electrons. The van der Waals surface area contributed by atoms with Crippen molar-refractivity contribution in [2.75, 3.05) is 13.1 Å². The maximum atomic E-state index is 13.1. The SMILES string of the molecule is CCn1nc(C(C)C)cc1C(=O)N1CCC[C@@H](C(=O)c2ccccn2)C1. The Bertz CT molecular complexity index is 782. The van der Waals surface area contributed by atoms with Crippen LogP contribution in [0.5, 0.6) is 0 Å². The molecule has 26 heavy (non-hydrogen) atoms. The lowest BCUT2D eigenvalue weighted by molar-refractivity contribution is 0.0625. The van der Waals surface area contributed by atoms with Crippen molar-refractivity contribution in [1.82, 2.24) is 19.7 Å². The predicted molar refractivity (Wildman–Crippen MR) is 99.2 cm³/mol. The second-order valence-corrected chi connectivity index (χ2v) is 7.09. The van der Waals surface area contributed by atoms with Gasteiger partial charge in [0.25, 0.3) is 5.91 Å². The van der Waals surface area contributed by atoms with E-state index in [0.717, 1.165) is 18.5 Å². The third-order valence-corrected chi connectivity index (χ3v) is 4.91. The van der Waals surface area contributed by atoms with Crippen molar-refractivity contribution in [3.05, 3.63) is 47.5 Å². The first-order chi connectivity index (χ1) is 12.5. The van der Waals surface area contributed by atoms with E-state index < -0.39 is 0 Å². The van der Waals surface area contributed by atoms with Crippen molar-refractivity contribution in [2.45, 2.75) is 46.1 Å². The molecule has 0 radical (unpaired) electrons. The van der Waals surface area contributed by atoms with Crippen LogP contribution < -0.4 is 0 Å². The van der Waals surface area contributed by atoms with E-state index in [-0.39, 0.29) is 23.5 Å². The van der Waals surface area contributed by atoms with E-state index in [0.29, 0.717) is 31.0 Å². The van der Waals surface area contributed by atoms with Gasteiger partial charge in [0.2, 0.25) is 0 Å². The van der Waals surface area contributed by atoms with Gasteiger partial charge in [0.05, 0.1) is 5.69 Å². The van der Waals surface area contributed by atoms with E-state index in [2.05, 4.69) is 23.9 Å². The highest BCUT2D eigenvalue weighted by atomic mass is 16.2. The molecule has 1 saturated heterocycles. The number of hydrogen-bond donors (Lipinski definition) is 0. The molecule has 0 spiro atoms. The first kappa shape index (κ1) is 18.3. The smallest absolute Gasteiger partial charge is 0.272 e. The van der Waals surface area contributed by atoms with Gasteiger partial charge in [-0.15, -0.1) is 0 Å². The number of carbonyl (C=O) groups is 2. The van der Waals surface area contributed by atoms with Crippen molar-refractivity contribution in [3.8, 4) is 0 Å². The van der Waals surface area contributed by atoms with Gasteiger partial charge in [-0.1, -0.05) is 19.9 Å². The molecule has 2 aromatic rings. The number of aromatic nitrogens is 3. The molecule has 1 fully saturated rings. The number of aryl methyl sites for hydroxylation is 1. The maximum Gasteiger partial charge on any atom is 0.272 e. The lowest BCUT2D eigenvalue weighted by atomic mass is 9.91. The summed E-state index contributed by atoms with van der Waals surface area (Å²) >= 11 is 0. The number of ketones is 1. The minimum absolute atomic E-state index is 0.0231. The van der Waals surface area contributed by atoms with Gasteiger partial charge >= 0.3 is 0 Å². The van der Waals surface area contributed by atoms with Crippen molar-refractivity contribution in [1.29, 1.82) is 0 Å². The average molecular weight is 354 g/mol. The molecule has 3 rings (SSSR count). The third-order valence-electron chi connectivity index (χ3n) is 4.91. The van der Waals surface area contributed by atoms with Gasteiger partial charge in [-0.3, -0.25) is 19.3 Å². The molecule has 0 aromatic carbocycles. The summed E-state index contributed by atoms with van der Waals surface area (Å²) in [7, 11) is 0. The molecule has 1 atom stereocenters. The van der Waals surface area contributed by atoms with E-state index in [9.17, 15) is 9.59 Å². The Balaban J connectivity index is 1.77. The van der Waals surface area contributed by atoms with Crippen LogP contribution in [0.25, 0.3) is 0 Å². The fourth-order valence-electron chi connectivity index (χ4n) is 3.39. The number of pyridine rings is 1. The lowest BCUT2D eigenvalue weighted by Crippen LogP contribution is -2.43. The number of likely N-dealkylation sites (tertiary alicyclic amines) is 1. The minimum Gasteiger partial charge on any atom is -0.337 e. The van der Waals surface area contributed by atoms with E-state index >= 15 is 0 Å². The highest BCUT2D eigenvalue weighted by molar-refractivity contribution is 5.97. The molecule has 0 N–H and O–H groups in total. The minimum atomic E-state index is -0.190. The molecule has 0 unspecified atom stereocenters. The number of amides is 1. The van der Waals surface area contributed by atoms with Crippen LogP contribution in [0.15, 0.2) is 30.5 Å². The van der Waals surface area contributed by atoms with Crippen LogP contribution >= 0.6 is 0 Å². The summed E-state index contributed by atoms with van der Waals surface area (Å²) in [4.78, 5) is 31.7. The highest BCUT2D eigenvalue weighted by Crippen LogP contribution is 2.23. The van der Waals surface area contributed by atoms with Crippen LogP contribution in [-0.2, 0) is 6.54 Å². The Labute approximate surface area is 154 Å². The fraction of sp³-hybridized carbons (Fsp3) is 0.500. The molecule has 6 nitrogen and oxygen atoms in total. The Morgan fingerprint density at radius 2 is 2.12 bits per heavy atom. The zero-order valence-electron chi connectivity index (χ0n) is 15.7. The van der Waals surface area contributed by atoms with Crippen LogP contribution in [-0.4, -0.2) is 44.4 Å². The van der Waals surface area contributed by atoms with Gasteiger partial charge in [0, 0.05) is 31.7 Å². The molecule has 2 aromatic heterocycles. The number of carbonyl (C=O) groups excluding carboxylic acids is 2. The number of piperidine rings is 1. The highest BCUT2D eigenvalue weighted by Gasteiger charge is 2.31. The van der Waals surface area contributed by atoms with E-state index in [1.165, 1.54) is 0 Å². The van der Waals surface area contributed by atoms with Crippen LogP contribution in [0.1, 0.15) is 66.2 Å². The molecule has 3 heterocycles. The van der Waals surface area contributed by atoms with Crippen molar-refractivity contribution < 1.29 is 9.59 Å². The van der Waals surface area contributed by atoms with Crippen LogP contribution in [0, 0.1) is 5.92 Å². The molecule has 0 saturated carbocycles. The molecular formula is C20H26N4O2. The van der Waals surface area contributed by atoms with E-state index in [4.69, 9.17) is 0 Å². The third kappa shape index (κ3) is 3.69. The van der Waals surface area contributed by atoms with Gasteiger partial charge in [-0.05, 0) is 43.9 Å². The van der Waals surface area contributed by atoms with E-state index in [1.54, 1.807) is 27.9 Å². The molecule has 6 heteroatoms. The number of nitrogens with zero attached hydrogens (tertiary/aromatic N) is 4. The second kappa shape index (κ2) is 7.81. The molecule has 1 aliphatic rings. The predicted octanol–water partition coefficient (Wildman–Crippen LogP) is 3.16. The van der Waals surface area contributed by atoms with Crippen LogP contribution in [0.2, 0.25) is 0 Å². The topological polar surface area (TPSA) is 68.1 Å². The summed E-state index contributed by atoms with van der Waals surface area (Å²) in [6.45, 7) is 7.89. The summed E-state index contributed by atoms with van der Waals surface area (Å²) in [6, 6.07) is 7.25. The Morgan fingerprint density at radius 3 is 2.77 bits per heavy atom. The first-order valence-electron chi connectivity index (χ1n) is 9.33. The van der Waals surface area contributed by atoms with Crippen molar-refractivity contribution >= 4 is 11.7 Å². The first-order valence-corrected chi connectivity index (χ1v) is 9.33. The summed E-state index contributed by atoms with van der Waals surface area (Å²) < 4.78 is 1.77. The number of rotatable bonds is 5. The number of Topliss-reactive ketones (excluding diaryl/α,β-unsaturated/α-hetero) is 1. The van der Waals surface area contributed by atoms with Gasteiger partial charge in [0.15, 0.2) is 5.78 Å². The molecule has 1 amide bonds. The van der Waals surface area contributed by atoms with Gasteiger partial charge in [0.1, 0.15) is 11.4 Å². The van der Waals surface area contributed by atoms with E-state index in [1.807, 2.05) is 19.1 Å². The quantitative estimate of drug-likeness (QED) is 0.774. The van der Waals surface area contributed by atoms with Crippen LogP contribution in [0.4, 0.5) is 0 Å². The monoisotopic (exact) mass is 354 g/mol. The largest absolute Gasteiger partial charge is 0.337 e. The lowest BCUT2D eigenvalue weighted by Gasteiger charge is -2.31. The normalized spacial score (nSPS) is 17.5. The van der Waals surface area contributed by atoms with Gasteiger partial charge in [-0.25, -0.2) is 0 Å². The Morgan fingerprint density at radius 1 is 1.31 bits per heavy atom. The van der Waals surface area contributed by atoms with Gasteiger partial charge in [-0.2, -0.15) is 5.10 Å². The fourth-order valence-corrected chi connectivity index (χ4v) is 3.39. The molecule has 1 aliphatic heterocycles. The zero-order chi connectivity index (χ0) is 18.7. The molecular weight excluding hydrogens is 328 g/mol. The summed E-state index contributed by atoms with van der Waals surface area (Å²) in [5.41, 5.74) is 2.02. The summed E-state index contributed by atoms with van der Waals surface area (Å²) in [5.74, 6) is 0.0686. The summed E-state index contributed by atoms with van der Waals surface area (Å²) in [5, 5.41) is 4.54. The Kier molecular flexibility index (Phi) is 5.49. The van der Waals surface area contributed by atoms with Crippen LogP contribution in [0.3, 0.4) is 0 Å². The average Bonchev–Trinajstić information content (AvgIpc) is 3.12. The Hall–Kier alpha value is -2.50. The second-order valence-electron chi connectivity index (χ2n) is 7.09.